The molecule has 33 heavy (non-hydrogen) atoms. The topological polar surface area (TPSA) is 73.3 Å². The zero-order chi connectivity index (χ0) is 23.9. The van der Waals surface area contributed by atoms with E-state index in [2.05, 4.69) is 4.98 Å². The van der Waals surface area contributed by atoms with Gasteiger partial charge in [-0.25, -0.2) is 9.18 Å². The molecule has 1 aromatic heterocycles. The Kier molecular flexibility index (Phi) is 6.59. The van der Waals surface area contributed by atoms with Crippen LogP contribution in [0.5, 0.6) is 0 Å². The van der Waals surface area contributed by atoms with Crippen molar-refractivity contribution in [1.82, 2.24) is 9.55 Å². The number of nitrogens with zero attached hydrogens (tertiary/aromatic N) is 1. The molecule has 0 bridgehead atoms. The van der Waals surface area contributed by atoms with Crippen LogP contribution in [-0.2, 0) is 22.2 Å². The number of methoxy groups -OCH3 is 1. The number of H-pyrrole nitrogens is 1. The molecule has 2 heterocycles. The highest BCUT2D eigenvalue weighted by Gasteiger charge is 2.38. The predicted octanol–water partition coefficient (Wildman–Crippen LogP) is 4.31. The summed E-state index contributed by atoms with van der Waals surface area (Å²) < 4.78 is 68.1. The standard InChI is InChI=1S/C21H17ClF4N2O4S/c1-31-4-5-32-11-8-28-17-12(19(29)27-20(28)30)7-13(21(24,25)26)16(18(17)33-9-11)10-2-3-15(23)14(22)6-10/h2-3,6-7,11H,4-5,8-9H2,1H3,(H,27,29,30)/t11-/m0/s1. The number of ether oxygens (including phenoxy) is 2. The molecule has 1 aliphatic rings. The molecule has 2 aromatic carbocycles. The average Bonchev–Trinajstić information content (AvgIpc) is 2.94. The molecular formula is C21H17ClF4N2O4S. The lowest BCUT2D eigenvalue weighted by Crippen LogP contribution is -2.34. The third-order valence-corrected chi connectivity index (χ3v) is 6.70. The van der Waals surface area contributed by atoms with Gasteiger partial charge in [-0.05, 0) is 23.8 Å². The van der Waals surface area contributed by atoms with Crippen LogP contribution in [0.1, 0.15) is 5.56 Å². The molecule has 0 fully saturated rings. The Labute approximate surface area is 193 Å². The van der Waals surface area contributed by atoms with E-state index in [1.54, 1.807) is 0 Å². The first-order valence-corrected chi connectivity index (χ1v) is 11.1. The van der Waals surface area contributed by atoms with Crippen molar-refractivity contribution in [2.75, 3.05) is 26.1 Å². The van der Waals surface area contributed by atoms with Crippen molar-refractivity contribution >= 4 is 34.3 Å². The first-order chi connectivity index (χ1) is 15.6. The molecule has 6 nitrogen and oxygen atoms in total. The van der Waals surface area contributed by atoms with Crippen LogP contribution < -0.4 is 11.2 Å². The first-order valence-electron chi connectivity index (χ1n) is 9.71. The lowest BCUT2D eigenvalue weighted by molar-refractivity contribution is -0.137. The number of halogens is 5. The number of rotatable bonds is 5. The minimum Gasteiger partial charge on any atom is -0.382 e. The van der Waals surface area contributed by atoms with Crippen molar-refractivity contribution in [3.05, 3.63) is 61.5 Å². The zero-order valence-corrected chi connectivity index (χ0v) is 18.7. The lowest BCUT2D eigenvalue weighted by atomic mass is 9.96. The molecular weight excluding hydrogens is 488 g/mol. The van der Waals surface area contributed by atoms with Crippen LogP contribution in [-0.4, -0.2) is 41.7 Å². The largest absolute Gasteiger partial charge is 0.417 e. The summed E-state index contributed by atoms with van der Waals surface area (Å²) in [7, 11) is 1.50. The fourth-order valence-corrected chi connectivity index (χ4v) is 5.19. The van der Waals surface area contributed by atoms with Gasteiger partial charge in [-0.3, -0.25) is 14.3 Å². The Balaban J connectivity index is 2.04. The molecule has 1 aliphatic heterocycles. The SMILES string of the molecule is COCCO[C@@H]1CSc2c(-c3ccc(F)c(Cl)c3)c(C(F)(F)F)cc3c(=O)[nH]c(=O)n(c23)C1. The van der Waals surface area contributed by atoms with Gasteiger partial charge in [-0.15, -0.1) is 11.8 Å². The minimum atomic E-state index is -4.84. The van der Waals surface area contributed by atoms with E-state index in [0.29, 0.717) is 12.7 Å². The molecule has 0 saturated carbocycles. The number of nitrogens with one attached hydrogen (secondary N) is 1. The summed E-state index contributed by atoms with van der Waals surface area (Å²) in [5.41, 5.74) is -2.99. The molecule has 0 spiro atoms. The molecule has 12 heteroatoms. The molecule has 0 saturated heterocycles. The van der Waals surface area contributed by atoms with Crippen LogP contribution in [0.25, 0.3) is 22.0 Å². The number of aromatic nitrogens is 2. The summed E-state index contributed by atoms with van der Waals surface area (Å²) >= 11 is 6.89. The van der Waals surface area contributed by atoms with E-state index in [0.717, 1.165) is 23.9 Å². The van der Waals surface area contributed by atoms with E-state index < -0.39 is 34.9 Å². The van der Waals surface area contributed by atoms with Crippen LogP contribution in [0.4, 0.5) is 17.6 Å². The third-order valence-electron chi connectivity index (χ3n) is 5.19. The molecule has 0 unspecified atom stereocenters. The monoisotopic (exact) mass is 504 g/mol. The van der Waals surface area contributed by atoms with Gasteiger partial charge in [-0.1, -0.05) is 17.7 Å². The van der Waals surface area contributed by atoms with Crippen LogP contribution in [0.3, 0.4) is 0 Å². The highest BCUT2D eigenvalue weighted by Crippen LogP contribution is 2.46. The molecule has 1 N–H and O–H groups in total. The summed E-state index contributed by atoms with van der Waals surface area (Å²) in [5, 5.41) is -0.630. The van der Waals surface area contributed by atoms with Gasteiger partial charge in [0.25, 0.3) is 5.56 Å². The lowest BCUT2D eigenvalue weighted by Gasteiger charge is -2.20. The minimum absolute atomic E-state index is 0.0103. The van der Waals surface area contributed by atoms with E-state index in [4.69, 9.17) is 21.1 Å². The number of aromatic amines is 1. The average molecular weight is 505 g/mol. The van der Waals surface area contributed by atoms with Crippen molar-refractivity contribution in [2.45, 2.75) is 23.7 Å². The Morgan fingerprint density at radius 1 is 1.24 bits per heavy atom. The van der Waals surface area contributed by atoms with Crippen LogP contribution in [0.2, 0.25) is 5.02 Å². The number of hydrogen-bond donors (Lipinski definition) is 1. The molecule has 1 atom stereocenters. The molecule has 3 aromatic rings. The summed E-state index contributed by atoms with van der Waals surface area (Å²) in [6, 6.07) is 3.96. The van der Waals surface area contributed by atoms with E-state index in [1.807, 2.05) is 0 Å². The number of thioether (sulfide) groups is 1. The highest BCUT2D eigenvalue weighted by atomic mass is 35.5. The predicted molar refractivity (Wildman–Crippen MR) is 117 cm³/mol. The second kappa shape index (κ2) is 9.13. The van der Waals surface area contributed by atoms with Gasteiger partial charge in [0.05, 0.1) is 47.4 Å². The summed E-state index contributed by atoms with van der Waals surface area (Å²) in [5.74, 6) is -0.578. The van der Waals surface area contributed by atoms with Crippen LogP contribution in [0, 0.1) is 5.82 Å². The second-order valence-corrected chi connectivity index (χ2v) is 8.76. The van der Waals surface area contributed by atoms with Crippen molar-refractivity contribution < 1.29 is 27.0 Å². The molecule has 0 radical (unpaired) electrons. The van der Waals surface area contributed by atoms with Crippen molar-refractivity contribution in [3.8, 4) is 11.1 Å². The van der Waals surface area contributed by atoms with Gasteiger partial charge in [0.1, 0.15) is 5.82 Å². The van der Waals surface area contributed by atoms with Gasteiger partial charge in [0.2, 0.25) is 0 Å². The first kappa shape index (κ1) is 23.8. The smallest absolute Gasteiger partial charge is 0.382 e. The van der Waals surface area contributed by atoms with E-state index >= 15 is 0 Å². The number of hydrogen-bond acceptors (Lipinski definition) is 5. The highest BCUT2D eigenvalue weighted by molar-refractivity contribution is 7.99. The fourth-order valence-electron chi connectivity index (χ4n) is 3.73. The Bertz CT molecular complexity index is 1340. The summed E-state index contributed by atoms with van der Waals surface area (Å²) in [6.45, 7) is 0.528. The molecule has 176 valence electrons. The van der Waals surface area contributed by atoms with Gasteiger partial charge in [0, 0.05) is 23.3 Å². The molecule has 4 rings (SSSR count). The fraction of sp³-hybridized carbons (Fsp3) is 0.333. The van der Waals surface area contributed by atoms with Crippen molar-refractivity contribution in [1.29, 1.82) is 0 Å². The third kappa shape index (κ3) is 4.54. The van der Waals surface area contributed by atoms with Crippen LogP contribution in [0.15, 0.2) is 38.8 Å². The van der Waals surface area contributed by atoms with Gasteiger partial charge >= 0.3 is 11.9 Å². The number of alkyl halides is 3. The summed E-state index contributed by atoms with van der Waals surface area (Å²) in [6.07, 6.45) is -5.38. The van der Waals surface area contributed by atoms with Crippen molar-refractivity contribution in [2.24, 2.45) is 0 Å². The van der Waals surface area contributed by atoms with Crippen LogP contribution >= 0.6 is 23.4 Å². The second-order valence-electron chi connectivity index (χ2n) is 7.32. The normalized spacial score (nSPS) is 16.2. The maximum atomic E-state index is 14.1. The van der Waals surface area contributed by atoms with Gasteiger partial charge < -0.3 is 9.47 Å². The maximum absolute atomic E-state index is 14.1. The van der Waals surface area contributed by atoms with Gasteiger partial charge in [-0.2, -0.15) is 13.2 Å². The quantitative estimate of drug-likeness (QED) is 0.414. The molecule has 0 amide bonds. The van der Waals surface area contributed by atoms with E-state index in [1.165, 1.54) is 17.7 Å². The molecule has 0 aliphatic carbocycles. The Morgan fingerprint density at radius 3 is 2.67 bits per heavy atom. The van der Waals surface area contributed by atoms with Crippen molar-refractivity contribution in [3.63, 3.8) is 0 Å². The number of benzene rings is 2. The Morgan fingerprint density at radius 2 is 2.00 bits per heavy atom. The zero-order valence-electron chi connectivity index (χ0n) is 17.1. The summed E-state index contributed by atoms with van der Waals surface area (Å²) in [4.78, 5) is 27.3. The van der Waals surface area contributed by atoms with E-state index in [-0.39, 0.29) is 50.9 Å². The van der Waals surface area contributed by atoms with Gasteiger partial charge in [0.15, 0.2) is 0 Å². The van der Waals surface area contributed by atoms with E-state index in [9.17, 15) is 27.2 Å². The maximum Gasteiger partial charge on any atom is 0.417 e. The Hall–Kier alpha value is -2.34.